The normalized spacial score (nSPS) is 20.9. The number of halogens is 6. The summed E-state index contributed by atoms with van der Waals surface area (Å²) >= 11 is 8.26. The van der Waals surface area contributed by atoms with Crippen LogP contribution in [0.1, 0.15) is 35.6 Å². The average molecular weight is 478 g/mol. The Morgan fingerprint density at radius 3 is 2.71 bits per heavy atom. The molecule has 2 aliphatic heterocycles. The van der Waals surface area contributed by atoms with Gasteiger partial charge in [-0.15, -0.1) is 0 Å². The molecule has 1 aromatic carbocycles. The zero-order valence-electron chi connectivity index (χ0n) is 14.2. The second-order valence-electron chi connectivity index (χ2n) is 6.77. The third-order valence-corrected chi connectivity index (χ3v) is 6.15. The highest BCUT2D eigenvalue weighted by molar-refractivity contribution is 9.10. The van der Waals surface area contributed by atoms with Gasteiger partial charge in [0.15, 0.2) is 5.11 Å². The van der Waals surface area contributed by atoms with Crippen LogP contribution in [0.5, 0.6) is 0 Å². The fourth-order valence-corrected chi connectivity index (χ4v) is 4.92. The van der Waals surface area contributed by atoms with Gasteiger partial charge in [0.2, 0.25) is 5.95 Å². The number of anilines is 1. The Bertz CT molecular complexity index is 965. The van der Waals surface area contributed by atoms with Crippen LogP contribution in [0.2, 0.25) is 0 Å². The molecule has 0 saturated carbocycles. The van der Waals surface area contributed by atoms with Crippen LogP contribution in [-0.4, -0.2) is 21.0 Å². The standard InChI is InChI=1S/C18H13BrF5N3S/c19-12-7-14(13(20)6-11(12)18(22,23)24)26-17(28)27-8-1-2-15(27)9-3-4-25-16(21)10(9)5-8/h3-4,6-8,15H,1-2,5H2,(H,26,28). The number of pyridine rings is 1. The molecule has 0 aliphatic carbocycles. The zero-order valence-corrected chi connectivity index (χ0v) is 16.6. The van der Waals surface area contributed by atoms with Gasteiger partial charge in [0.1, 0.15) is 5.82 Å². The summed E-state index contributed by atoms with van der Waals surface area (Å²) in [5, 5.41) is 2.92. The molecule has 2 aliphatic rings. The zero-order chi connectivity index (χ0) is 20.2. The summed E-state index contributed by atoms with van der Waals surface area (Å²) in [5.41, 5.74) is 0.101. The maximum absolute atomic E-state index is 14.3. The van der Waals surface area contributed by atoms with Crippen LogP contribution in [0, 0.1) is 11.8 Å². The molecule has 3 nitrogen and oxygen atoms in total. The van der Waals surface area contributed by atoms with E-state index in [4.69, 9.17) is 12.2 Å². The Labute approximate surface area is 171 Å². The molecule has 0 spiro atoms. The molecule has 10 heteroatoms. The lowest BCUT2D eigenvalue weighted by molar-refractivity contribution is -0.138. The summed E-state index contributed by atoms with van der Waals surface area (Å²) < 4.78 is 66.7. The van der Waals surface area contributed by atoms with E-state index in [1.165, 1.54) is 6.20 Å². The van der Waals surface area contributed by atoms with Gasteiger partial charge in [-0.25, -0.2) is 9.37 Å². The second kappa shape index (κ2) is 6.91. The summed E-state index contributed by atoms with van der Waals surface area (Å²) in [6, 6.07) is 2.95. The van der Waals surface area contributed by atoms with Gasteiger partial charge >= 0.3 is 6.18 Å². The smallest absolute Gasteiger partial charge is 0.339 e. The van der Waals surface area contributed by atoms with E-state index in [0.29, 0.717) is 18.1 Å². The summed E-state index contributed by atoms with van der Waals surface area (Å²) in [7, 11) is 0. The number of fused-ring (bicyclic) bond motifs is 4. The summed E-state index contributed by atoms with van der Waals surface area (Å²) in [6.45, 7) is 0. The van der Waals surface area contributed by atoms with Crippen LogP contribution >= 0.6 is 28.1 Å². The van der Waals surface area contributed by atoms with Crippen molar-refractivity contribution in [3.05, 3.63) is 57.3 Å². The first-order valence-electron chi connectivity index (χ1n) is 8.45. The fourth-order valence-electron chi connectivity index (χ4n) is 3.97. The van der Waals surface area contributed by atoms with Gasteiger partial charge in [0.25, 0.3) is 0 Å². The number of aromatic nitrogens is 1. The van der Waals surface area contributed by atoms with Gasteiger partial charge in [-0.2, -0.15) is 17.6 Å². The molecule has 1 saturated heterocycles. The Kier molecular flexibility index (Phi) is 4.81. The van der Waals surface area contributed by atoms with Crippen molar-refractivity contribution in [2.45, 2.75) is 37.5 Å². The van der Waals surface area contributed by atoms with Crippen LogP contribution in [0.4, 0.5) is 27.6 Å². The quantitative estimate of drug-likeness (QED) is 0.328. The minimum absolute atomic E-state index is 0.0721. The summed E-state index contributed by atoms with van der Waals surface area (Å²) in [5.74, 6) is -1.55. The van der Waals surface area contributed by atoms with Gasteiger partial charge < -0.3 is 10.2 Å². The minimum atomic E-state index is -4.67. The molecule has 1 N–H and O–H groups in total. The van der Waals surface area contributed by atoms with Crippen LogP contribution in [0.15, 0.2) is 28.9 Å². The summed E-state index contributed by atoms with van der Waals surface area (Å²) in [4.78, 5) is 5.57. The van der Waals surface area contributed by atoms with Gasteiger partial charge in [-0.1, -0.05) is 15.9 Å². The third-order valence-electron chi connectivity index (χ3n) is 5.18. The van der Waals surface area contributed by atoms with Crippen LogP contribution in [0.25, 0.3) is 0 Å². The number of rotatable bonds is 1. The van der Waals surface area contributed by atoms with E-state index in [2.05, 4.69) is 26.2 Å². The number of nitrogens with zero attached hydrogens (tertiary/aromatic N) is 2. The maximum Gasteiger partial charge on any atom is 0.417 e. The van der Waals surface area contributed by atoms with E-state index >= 15 is 0 Å². The fraction of sp³-hybridized carbons (Fsp3) is 0.333. The maximum atomic E-state index is 14.3. The molecule has 1 fully saturated rings. The van der Waals surface area contributed by atoms with Crippen molar-refractivity contribution in [1.29, 1.82) is 0 Å². The van der Waals surface area contributed by atoms with Crippen molar-refractivity contribution in [2.24, 2.45) is 0 Å². The Morgan fingerprint density at radius 2 is 2.00 bits per heavy atom. The number of alkyl halides is 3. The highest BCUT2D eigenvalue weighted by Crippen LogP contribution is 2.44. The lowest BCUT2D eigenvalue weighted by Gasteiger charge is -2.38. The lowest BCUT2D eigenvalue weighted by atomic mass is 9.95. The number of thiocarbonyl (C=S) groups is 1. The van der Waals surface area contributed by atoms with E-state index in [1.807, 2.05) is 4.90 Å². The molecule has 2 aromatic rings. The summed E-state index contributed by atoms with van der Waals surface area (Å²) in [6.07, 6.45) is -1.32. The SMILES string of the molecule is Fc1cc(C(F)(F)F)c(Br)cc1NC(=S)N1C2CCC1c1ccnc(F)c1C2. The Balaban J connectivity index is 1.61. The van der Waals surface area contributed by atoms with E-state index in [9.17, 15) is 22.0 Å². The predicted octanol–water partition coefficient (Wildman–Crippen LogP) is 5.60. The third kappa shape index (κ3) is 3.26. The molecule has 28 heavy (non-hydrogen) atoms. The number of benzene rings is 1. The molecule has 1 aromatic heterocycles. The Morgan fingerprint density at radius 1 is 1.25 bits per heavy atom. The molecule has 0 amide bonds. The molecular formula is C18H13BrF5N3S. The second-order valence-corrected chi connectivity index (χ2v) is 8.01. The first-order valence-corrected chi connectivity index (χ1v) is 9.65. The first kappa shape index (κ1) is 19.5. The van der Waals surface area contributed by atoms with Crippen molar-refractivity contribution in [3.63, 3.8) is 0 Å². The first-order chi connectivity index (χ1) is 13.2. The van der Waals surface area contributed by atoms with Gasteiger partial charge in [0, 0.05) is 22.3 Å². The number of hydrogen-bond donors (Lipinski definition) is 1. The molecular weight excluding hydrogens is 465 g/mol. The average Bonchev–Trinajstić information content (AvgIpc) is 2.93. The van der Waals surface area contributed by atoms with Crippen LogP contribution < -0.4 is 5.32 Å². The van der Waals surface area contributed by atoms with Gasteiger partial charge in [0.05, 0.1) is 17.3 Å². The highest BCUT2D eigenvalue weighted by Gasteiger charge is 2.42. The van der Waals surface area contributed by atoms with Crippen molar-refractivity contribution < 1.29 is 22.0 Å². The van der Waals surface area contributed by atoms with Crippen molar-refractivity contribution in [2.75, 3.05) is 5.32 Å². The number of nitrogens with one attached hydrogen (secondary N) is 1. The highest BCUT2D eigenvalue weighted by atomic mass is 79.9. The largest absolute Gasteiger partial charge is 0.417 e. The van der Waals surface area contributed by atoms with Crippen molar-refractivity contribution in [3.8, 4) is 0 Å². The topological polar surface area (TPSA) is 28.2 Å². The van der Waals surface area contributed by atoms with Crippen LogP contribution in [0.3, 0.4) is 0 Å². The Hall–Kier alpha value is -1.81. The molecule has 2 atom stereocenters. The molecule has 148 valence electrons. The van der Waals surface area contributed by atoms with Crippen LogP contribution in [-0.2, 0) is 12.6 Å². The number of hydrogen-bond acceptors (Lipinski definition) is 2. The van der Waals surface area contributed by atoms with E-state index in [1.54, 1.807) is 6.07 Å². The van der Waals surface area contributed by atoms with Gasteiger partial charge in [-0.3, -0.25) is 0 Å². The predicted molar refractivity (Wildman–Crippen MR) is 101 cm³/mol. The molecule has 0 radical (unpaired) electrons. The van der Waals surface area contributed by atoms with E-state index < -0.39 is 23.5 Å². The van der Waals surface area contributed by atoms with E-state index in [0.717, 1.165) is 24.5 Å². The van der Waals surface area contributed by atoms with Gasteiger partial charge in [-0.05, 0) is 55.2 Å². The van der Waals surface area contributed by atoms with E-state index in [-0.39, 0.29) is 27.4 Å². The molecule has 4 rings (SSSR count). The minimum Gasteiger partial charge on any atom is -0.339 e. The monoisotopic (exact) mass is 477 g/mol. The molecule has 3 heterocycles. The van der Waals surface area contributed by atoms with Crippen molar-refractivity contribution in [1.82, 2.24) is 9.88 Å². The lowest BCUT2D eigenvalue weighted by Crippen LogP contribution is -2.44. The molecule has 2 bridgehead atoms. The van der Waals surface area contributed by atoms with Crippen molar-refractivity contribution >= 4 is 38.9 Å². The molecule has 2 unspecified atom stereocenters.